The predicted molar refractivity (Wildman–Crippen MR) is 154 cm³/mol. The first-order valence-electron chi connectivity index (χ1n) is 12.0. The van der Waals surface area contributed by atoms with Crippen molar-refractivity contribution in [2.75, 3.05) is 6.54 Å². The Bertz CT molecular complexity index is 1440. The van der Waals surface area contributed by atoms with Crippen LogP contribution in [-0.4, -0.2) is 35.0 Å². The topological polar surface area (TPSA) is 123 Å². The van der Waals surface area contributed by atoms with Gasteiger partial charge in [0.25, 0.3) is 5.56 Å². The molecule has 3 aromatic rings. The second-order valence-electron chi connectivity index (χ2n) is 10.0. The first-order chi connectivity index (χ1) is 18.2. The molecule has 0 bridgehead atoms. The van der Waals surface area contributed by atoms with Crippen LogP contribution in [0.3, 0.4) is 0 Å². The van der Waals surface area contributed by atoms with E-state index in [0.717, 1.165) is 6.07 Å². The average molecular weight is 596 g/mol. The minimum Gasteiger partial charge on any atom is -0.598 e. The normalized spacial score (nSPS) is 14.2. The van der Waals surface area contributed by atoms with Gasteiger partial charge >= 0.3 is 0 Å². The zero-order chi connectivity index (χ0) is 29.1. The van der Waals surface area contributed by atoms with Gasteiger partial charge in [0.05, 0.1) is 6.04 Å². The number of hydrogen-bond donors (Lipinski definition) is 3. The molecule has 39 heavy (non-hydrogen) atoms. The molecule has 2 aromatic carbocycles. The highest BCUT2D eigenvalue weighted by molar-refractivity contribution is 7.90. The van der Waals surface area contributed by atoms with Crippen LogP contribution in [0.1, 0.15) is 60.8 Å². The average Bonchev–Trinajstić information content (AvgIpc) is 2.85. The number of aryl methyl sites for hydroxylation is 1. The molecule has 0 saturated heterocycles. The van der Waals surface area contributed by atoms with Crippen LogP contribution in [0.5, 0.6) is 0 Å². The fraction of sp³-hybridized carbons (Fsp3) is 0.333. The molecule has 0 spiro atoms. The zero-order valence-electron chi connectivity index (χ0n) is 22.2. The molecule has 3 N–H and O–H groups in total. The first-order valence-corrected chi connectivity index (χ1v) is 14.7. The third-order valence-corrected chi connectivity index (χ3v) is 8.40. The lowest BCUT2D eigenvalue weighted by atomic mass is 9.88. The lowest BCUT2D eigenvalue weighted by molar-refractivity contribution is 0.103. The number of nitrogens with zero attached hydrogens (tertiary/aromatic N) is 1. The van der Waals surface area contributed by atoms with Gasteiger partial charge < -0.3 is 9.12 Å². The Kier molecular flexibility index (Phi) is 10.3. The van der Waals surface area contributed by atoms with Crippen molar-refractivity contribution in [3.8, 4) is 11.1 Å². The van der Waals surface area contributed by atoms with Gasteiger partial charge in [0.2, 0.25) is 11.3 Å². The number of halogens is 2. The molecule has 0 saturated carbocycles. The van der Waals surface area contributed by atoms with E-state index in [2.05, 4.69) is 9.44 Å². The number of carbonyl (C=O) groups is 1. The van der Waals surface area contributed by atoms with E-state index in [0.29, 0.717) is 21.7 Å². The first kappa shape index (κ1) is 31.2. The van der Waals surface area contributed by atoms with Crippen LogP contribution < -0.4 is 15.0 Å². The number of nitrogens with one attached hydrogen (secondary N) is 2. The van der Waals surface area contributed by atoms with Crippen molar-refractivity contribution in [2.24, 2.45) is 7.05 Å². The van der Waals surface area contributed by atoms with Crippen molar-refractivity contribution in [2.45, 2.75) is 44.9 Å². The Morgan fingerprint density at radius 3 is 2.44 bits per heavy atom. The van der Waals surface area contributed by atoms with Crippen molar-refractivity contribution in [3.63, 3.8) is 0 Å². The van der Waals surface area contributed by atoms with E-state index in [1.807, 2.05) is 20.8 Å². The lowest BCUT2D eigenvalue weighted by Crippen LogP contribution is -2.41. The van der Waals surface area contributed by atoms with Crippen LogP contribution in [0.2, 0.25) is 5.02 Å². The van der Waals surface area contributed by atoms with Gasteiger partial charge in [-0.15, -0.1) is 4.72 Å². The van der Waals surface area contributed by atoms with Crippen LogP contribution >= 0.6 is 11.6 Å². The molecular weight excluding hydrogens is 565 g/mol. The smallest absolute Gasteiger partial charge is 0.250 e. The molecule has 1 heterocycles. The van der Waals surface area contributed by atoms with Crippen molar-refractivity contribution < 1.29 is 22.5 Å². The number of benzene rings is 2. The Balaban J connectivity index is 2.24. The van der Waals surface area contributed by atoms with Crippen molar-refractivity contribution in [1.29, 1.82) is 0 Å². The number of pyridine rings is 1. The Labute approximate surface area is 237 Å². The van der Waals surface area contributed by atoms with E-state index in [4.69, 9.17) is 16.2 Å². The number of ketones is 1. The lowest BCUT2D eigenvalue weighted by Gasteiger charge is -2.27. The molecule has 1 aromatic heterocycles. The van der Waals surface area contributed by atoms with Crippen molar-refractivity contribution >= 4 is 40.0 Å². The quantitative estimate of drug-likeness (QED) is 0.181. The van der Waals surface area contributed by atoms with Crippen LogP contribution in [0, 0.1) is 5.82 Å². The van der Waals surface area contributed by atoms with Gasteiger partial charge in [-0.25, -0.2) is 13.3 Å². The largest absolute Gasteiger partial charge is 0.598 e. The maximum absolute atomic E-state index is 15.3. The Morgan fingerprint density at radius 1 is 1.21 bits per heavy atom. The van der Waals surface area contributed by atoms with Crippen molar-refractivity contribution in [3.05, 3.63) is 92.1 Å². The molecule has 8 nitrogen and oxygen atoms in total. The van der Waals surface area contributed by atoms with Crippen LogP contribution in [0.4, 0.5) is 4.39 Å². The predicted octanol–water partition coefficient (Wildman–Crippen LogP) is 4.46. The summed E-state index contributed by atoms with van der Waals surface area (Å²) in [5.41, 5.74) is 1.55. The van der Waals surface area contributed by atoms with E-state index in [9.17, 15) is 18.4 Å². The molecule has 0 aliphatic heterocycles. The number of rotatable bonds is 10. The molecule has 0 radical (unpaired) electrons. The molecule has 3 rings (SSSR count). The van der Waals surface area contributed by atoms with E-state index >= 15 is 4.39 Å². The molecular formula is C27H31ClFN3O5S2. The maximum atomic E-state index is 15.3. The fourth-order valence-electron chi connectivity index (χ4n) is 3.88. The summed E-state index contributed by atoms with van der Waals surface area (Å²) >= 11 is 2.25. The summed E-state index contributed by atoms with van der Waals surface area (Å²) in [4.78, 5) is 26.3. The summed E-state index contributed by atoms with van der Waals surface area (Å²) in [6, 6.07) is 9.69. The van der Waals surface area contributed by atoms with Gasteiger partial charge in [-0.2, -0.15) is 0 Å². The van der Waals surface area contributed by atoms with Gasteiger partial charge in [0, 0.05) is 58.9 Å². The Hall–Kier alpha value is -2.38. The number of hydrogen-bond acceptors (Lipinski definition) is 5. The second-order valence-corrected chi connectivity index (χ2v) is 13.3. The van der Waals surface area contributed by atoms with Gasteiger partial charge in [-0.3, -0.25) is 14.1 Å². The van der Waals surface area contributed by atoms with Gasteiger partial charge in [0.15, 0.2) is 5.78 Å². The van der Waals surface area contributed by atoms with E-state index < -0.39 is 45.0 Å². The summed E-state index contributed by atoms with van der Waals surface area (Å²) in [7, 11) is 1.56. The minimum atomic E-state index is -2.27. The van der Waals surface area contributed by atoms with Crippen LogP contribution in [0.25, 0.3) is 11.1 Å². The molecule has 0 fully saturated rings. The van der Waals surface area contributed by atoms with Gasteiger partial charge in [0.1, 0.15) is 10.6 Å². The van der Waals surface area contributed by atoms with Crippen LogP contribution in [0.15, 0.2) is 53.5 Å². The molecule has 3 atom stereocenters. The van der Waals surface area contributed by atoms with Crippen LogP contribution in [-0.2, 0) is 36.1 Å². The Morgan fingerprint density at radius 2 is 1.85 bits per heavy atom. The minimum absolute atomic E-state index is 0.00655. The summed E-state index contributed by atoms with van der Waals surface area (Å²) in [6.07, 6.45) is 1.62. The molecule has 3 unspecified atom stereocenters. The second kappa shape index (κ2) is 12.9. The van der Waals surface area contributed by atoms with E-state index in [-0.39, 0.29) is 35.2 Å². The SMILES string of the molecule is CC(N[S+]([O-])C(C)(C)C)c1cc(=O)n(C)cc1-c1cc(CCNS(=O)O)c(F)cc1C(=O)c1ccc(Cl)cc1. The summed E-state index contributed by atoms with van der Waals surface area (Å²) < 4.78 is 54.3. The third kappa shape index (κ3) is 7.85. The highest BCUT2D eigenvalue weighted by Gasteiger charge is 2.30. The van der Waals surface area contributed by atoms with Crippen molar-refractivity contribution in [1.82, 2.24) is 14.0 Å². The highest BCUT2D eigenvalue weighted by atomic mass is 35.5. The highest BCUT2D eigenvalue weighted by Crippen LogP contribution is 2.34. The fourth-order valence-corrected chi connectivity index (χ4v) is 5.08. The van der Waals surface area contributed by atoms with Gasteiger partial charge in [-0.1, -0.05) is 11.6 Å². The van der Waals surface area contributed by atoms with E-state index in [1.54, 1.807) is 44.4 Å². The molecule has 210 valence electrons. The molecule has 0 amide bonds. The summed E-state index contributed by atoms with van der Waals surface area (Å²) in [6.45, 7) is 7.21. The van der Waals surface area contributed by atoms with E-state index in [1.165, 1.54) is 16.7 Å². The molecule has 12 heteroatoms. The maximum Gasteiger partial charge on any atom is 0.250 e. The standard InChI is InChI=1S/C27H31ClFN3O5S2/c1-16(31-38(35)27(2,3)4)20-14-25(33)32(5)15-23(20)21-12-18(10-11-30-39(36)37)24(29)13-22(21)26(34)17-6-8-19(28)9-7-17/h6-9,12-16,30-31H,10-11H2,1-5H3,(H,36,37). The third-order valence-electron chi connectivity index (χ3n) is 6.01. The molecule has 0 aliphatic carbocycles. The molecule has 0 aliphatic rings. The zero-order valence-corrected chi connectivity index (χ0v) is 24.6. The summed E-state index contributed by atoms with van der Waals surface area (Å²) in [5, 5.41) is 0.439. The monoisotopic (exact) mass is 595 g/mol. The van der Waals surface area contributed by atoms with Gasteiger partial charge in [-0.05, 0) is 87.2 Å². The number of aromatic nitrogens is 1. The summed E-state index contributed by atoms with van der Waals surface area (Å²) in [5.74, 6) is -1.12. The number of carbonyl (C=O) groups excluding carboxylic acids is 1.